The van der Waals surface area contributed by atoms with Gasteiger partial charge in [-0.05, 0) is 24.3 Å². The summed E-state index contributed by atoms with van der Waals surface area (Å²) in [5.74, 6) is -0.0690. The van der Waals surface area contributed by atoms with Crippen LogP contribution in [0.25, 0.3) is 0 Å². The van der Waals surface area contributed by atoms with Gasteiger partial charge >= 0.3 is 0 Å². The number of hydrogen-bond donors (Lipinski definition) is 1. The number of likely N-dealkylation sites (tertiary alicyclic amines) is 1. The van der Waals surface area contributed by atoms with Crippen molar-refractivity contribution in [3.8, 4) is 0 Å². The summed E-state index contributed by atoms with van der Waals surface area (Å²) in [6, 6.07) is 4.85. The fraction of sp³-hybridized carbons (Fsp3) is 0.600. The number of amides is 1. The van der Waals surface area contributed by atoms with Crippen LogP contribution in [-0.2, 0) is 11.3 Å². The predicted molar refractivity (Wildman–Crippen MR) is 76.3 cm³/mol. The Morgan fingerprint density at radius 3 is 2.90 bits per heavy atom. The number of aliphatic hydroxyl groups is 1. The van der Waals surface area contributed by atoms with Crippen LogP contribution in [0.15, 0.2) is 29.2 Å². The van der Waals surface area contributed by atoms with Crippen molar-refractivity contribution in [2.75, 3.05) is 13.1 Å². The van der Waals surface area contributed by atoms with Crippen molar-refractivity contribution in [2.24, 2.45) is 5.41 Å². The molecule has 1 aliphatic rings. The van der Waals surface area contributed by atoms with Crippen molar-refractivity contribution in [1.82, 2.24) is 9.47 Å². The van der Waals surface area contributed by atoms with Crippen LogP contribution >= 0.6 is 0 Å². The molecule has 1 amide bonds. The largest absolute Gasteiger partial charge is 0.393 e. The molecule has 1 saturated heterocycles. The van der Waals surface area contributed by atoms with E-state index in [9.17, 15) is 14.7 Å². The van der Waals surface area contributed by atoms with Gasteiger partial charge < -0.3 is 14.6 Å². The molecule has 0 saturated carbocycles. The van der Waals surface area contributed by atoms with E-state index in [4.69, 9.17) is 0 Å². The summed E-state index contributed by atoms with van der Waals surface area (Å²) >= 11 is 0. The van der Waals surface area contributed by atoms with Gasteiger partial charge in [0.2, 0.25) is 5.91 Å². The summed E-state index contributed by atoms with van der Waals surface area (Å²) in [4.78, 5) is 25.7. The van der Waals surface area contributed by atoms with Crippen LogP contribution in [0.4, 0.5) is 0 Å². The van der Waals surface area contributed by atoms with Crippen LogP contribution in [0.3, 0.4) is 0 Å². The quantitative estimate of drug-likeness (QED) is 0.872. The van der Waals surface area contributed by atoms with Gasteiger partial charge in [0.05, 0.1) is 6.10 Å². The molecule has 20 heavy (non-hydrogen) atoms. The van der Waals surface area contributed by atoms with Gasteiger partial charge in [-0.15, -0.1) is 0 Å². The Labute approximate surface area is 118 Å². The van der Waals surface area contributed by atoms with E-state index in [-0.39, 0.29) is 29.5 Å². The number of aliphatic hydroxyl groups excluding tert-OH is 1. The maximum atomic E-state index is 12.4. The van der Waals surface area contributed by atoms with Crippen molar-refractivity contribution in [1.29, 1.82) is 0 Å². The molecule has 0 radical (unpaired) electrons. The smallest absolute Gasteiger partial charge is 0.250 e. The second kappa shape index (κ2) is 5.79. The molecule has 0 bridgehead atoms. The molecule has 5 heteroatoms. The van der Waals surface area contributed by atoms with E-state index in [2.05, 4.69) is 13.8 Å². The van der Waals surface area contributed by atoms with E-state index in [0.717, 1.165) is 0 Å². The summed E-state index contributed by atoms with van der Waals surface area (Å²) < 4.78 is 1.41. The molecule has 2 heterocycles. The number of carbonyl (C=O) groups excluding carboxylic acids is 1. The van der Waals surface area contributed by atoms with Crippen LogP contribution in [0.1, 0.15) is 26.7 Å². The lowest BCUT2D eigenvalue weighted by Gasteiger charge is -2.29. The first-order valence-electron chi connectivity index (χ1n) is 6.99. The third-order valence-electron chi connectivity index (χ3n) is 3.70. The maximum Gasteiger partial charge on any atom is 0.250 e. The highest BCUT2D eigenvalue weighted by Crippen LogP contribution is 2.28. The molecule has 0 aliphatic carbocycles. The van der Waals surface area contributed by atoms with Crippen molar-refractivity contribution in [3.63, 3.8) is 0 Å². The molecule has 1 aromatic rings. The highest BCUT2D eigenvalue weighted by Gasteiger charge is 2.31. The summed E-state index contributed by atoms with van der Waals surface area (Å²) in [5.41, 5.74) is -0.275. The van der Waals surface area contributed by atoms with Gasteiger partial charge in [-0.25, -0.2) is 0 Å². The average Bonchev–Trinajstić information content (AvgIpc) is 2.49. The summed E-state index contributed by atoms with van der Waals surface area (Å²) in [5, 5.41) is 9.87. The Hall–Kier alpha value is -1.62. The number of rotatable bonds is 2. The van der Waals surface area contributed by atoms with E-state index in [1.807, 2.05) is 0 Å². The Morgan fingerprint density at radius 1 is 1.45 bits per heavy atom. The van der Waals surface area contributed by atoms with E-state index in [1.165, 1.54) is 10.6 Å². The Kier molecular flexibility index (Phi) is 4.28. The minimum atomic E-state index is -0.359. The van der Waals surface area contributed by atoms with Gasteiger partial charge in [-0.3, -0.25) is 9.59 Å². The predicted octanol–water partition coefficient (Wildman–Crippen LogP) is 0.858. The van der Waals surface area contributed by atoms with Gasteiger partial charge in [0.25, 0.3) is 5.56 Å². The zero-order chi connectivity index (χ0) is 14.8. The minimum absolute atomic E-state index is 0.0614. The molecular formula is C15H22N2O3. The lowest BCUT2D eigenvalue weighted by molar-refractivity contribution is -0.133. The molecule has 110 valence electrons. The lowest BCUT2D eigenvalue weighted by atomic mass is 9.87. The maximum absolute atomic E-state index is 12.4. The molecule has 0 unspecified atom stereocenters. The second-order valence-corrected chi connectivity index (χ2v) is 6.29. The first-order valence-corrected chi connectivity index (χ1v) is 6.99. The standard InChI is InChI=1S/C15H22N2O3/c1-15(2)9-12(18)6-8-17(11-15)14(20)10-16-7-4-3-5-13(16)19/h3-5,7,12,18H,6,8-11H2,1-2H3/t12-/m1/s1. The number of carbonyl (C=O) groups is 1. The fourth-order valence-electron chi connectivity index (χ4n) is 2.75. The summed E-state index contributed by atoms with van der Waals surface area (Å²) in [7, 11) is 0. The van der Waals surface area contributed by atoms with Gasteiger partial charge in [-0.1, -0.05) is 19.9 Å². The van der Waals surface area contributed by atoms with Gasteiger partial charge in [-0.2, -0.15) is 0 Å². The number of aromatic nitrogens is 1. The normalized spacial score (nSPS) is 22.4. The summed E-state index contributed by atoms with van der Waals surface area (Å²) in [6.07, 6.45) is 2.56. The Morgan fingerprint density at radius 2 is 2.20 bits per heavy atom. The van der Waals surface area contributed by atoms with Crippen molar-refractivity contribution in [2.45, 2.75) is 39.3 Å². The van der Waals surface area contributed by atoms with Crippen molar-refractivity contribution >= 4 is 5.91 Å². The molecule has 2 rings (SSSR count). The zero-order valence-corrected chi connectivity index (χ0v) is 12.1. The first kappa shape index (κ1) is 14.8. The van der Waals surface area contributed by atoms with Crippen LogP contribution in [0.2, 0.25) is 0 Å². The van der Waals surface area contributed by atoms with Crippen LogP contribution in [0, 0.1) is 5.41 Å². The minimum Gasteiger partial charge on any atom is -0.393 e. The molecule has 1 aromatic heterocycles. The van der Waals surface area contributed by atoms with Crippen molar-refractivity contribution in [3.05, 3.63) is 34.7 Å². The Balaban J connectivity index is 2.09. The third-order valence-corrected chi connectivity index (χ3v) is 3.70. The first-order chi connectivity index (χ1) is 9.37. The van der Waals surface area contributed by atoms with Crippen molar-refractivity contribution < 1.29 is 9.90 Å². The fourth-order valence-corrected chi connectivity index (χ4v) is 2.75. The molecule has 1 N–H and O–H groups in total. The monoisotopic (exact) mass is 278 g/mol. The van der Waals surface area contributed by atoms with Crippen LogP contribution < -0.4 is 5.56 Å². The van der Waals surface area contributed by atoms with Gasteiger partial charge in [0, 0.05) is 25.4 Å². The molecule has 1 fully saturated rings. The van der Waals surface area contributed by atoms with E-state index < -0.39 is 0 Å². The molecule has 1 aliphatic heterocycles. The molecule has 0 aromatic carbocycles. The highest BCUT2D eigenvalue weighted by atomic mass is 16.3. The second-order valence-electron chi connectivity index (χ2n) is 6.29. The zero-order valence-electron chi connectivity index (χ0n) is 12.1. The van der Waals surface area contributed by atoms with Gasteiger partial charge in [0.15, 0.2) is 0 Å². The molecular weight excluding hydrogens is 256 g/mol. The number of pyridine rings is 1. The average molecular weight is 278 g/mol. The lowest BCUT2D eigenvalue weighted by Crippen LogP contribution is -2.40. The number of nitrogens with zero attached hydrogens (tertiary/aromatic N) is 2. The van der Waals surface area contributed by atoms with Gasteiger partial charge in [0.1, 0.15) is 6.54 Å². The molecule has 5 nitrogen and oxygen atoms in total. The van der Waals surface area contributed by atoms with Crippen LogP contribution in [-0.4, -0.2) is 39.7 Å². The van der Waals surface area contributed by atoms with E-state index in [0.29, 0.717) is 25.9 Å². The van der Waals surface area contributed by atoms with E-state index >= 15 is 0 Å². The van der Waals surface area contributed by atoms with E-state index in [1.54, 1.807) is 23.2 Å². The summed E-state index contributed by atoms with van der Waals surface area (Å²) in [6.45, 7) is 5.33. The number of hydrogen-bond acceptors (Lipinski definition) is 3. The SMILES string of the molecule is CC1(C)C[C@H](O)CCN(C(=O)Cn2ccccc2=O)C1. The molecule has 0 spiro atoms. The molecule has 1 atom stereocenters. The Bertz CT molecular complexity index is 536. The third kappa shape index (κ3) is 3.70. The topological polar surface area (TPSA) is 62.5 Å². The van der Waals surface area contributed by atoms with Crippen LogP contribution in [0.5, 0.6) is 0 Å². The highest BCUT2D eigenvalue weighted by molar-refractivity contribution is 5.76.